The van der Waals surface area contributed by atoms with Crippen molar-refractivity contribution in [3.8, 4) is 0 Å². The van der Waals surface area contributed by atoms with Crippen molar-refractivity contribution in [2.45, 2.75) is 40.2 Å². The monoisotopic (exact) mass is 321 g/mol. The first-order valence-corrected chi connectivity index (χ1v) is 8.31. The van der Waals surface area contributed by atoms with Crippen molar-refractivity contribution in [3.63, 3.8) is 0 Å². The van der Waals surface area contributed by atoms with Gasteiger partial charge in [-0.25, -0.2) is 9.78 Å². The van der Waals surface area contributed by atoms with E-state index < -0.39 is 0 Å². The SMILES string of the molecule is Cc1csc([C@@H](C)CNC(=O)Nc2cnn(CC(C)C)c2)n1. The number of nitrogens with one attached hydrogen (secondary N) is 2. The number of hydrogen-bond acceptors (Lipinski definition) is 4. The Kier molecular flexibility index (Phi) is 5.54. The highest BCUT2D eigenvalue weighted by Crippen LogP contribution is 2.18. The van der Waals surface area contributed by atoms with E-state index in [1.807, 2.05) is 23.2 Å². The predicted molar refractivity (Wildman–Crippen MR) is 89.4 cm³/mol. The molecule has 0 saturated carbocycles. The number of anilines is 1. The molecule has 2 amide bonds. The van der Waals surface area contributed by atoms with Crippen LogP contribution in [0.4, 0.5) is 10.5 Å². The highest BCUT2D eigenvalue weighted by molar-refractivity contribution is 7.09. The number of aromatic nitrogens is 3. The maximum Gasteiger partial charge on any atom is 0.319 e. The predicted octanol–water partition coefficient (Wildman–Crippen LogP) is 3.23. The van der Waals surface area contributed by atoms with Crippen LogP contribution in [-0.2, 0) is 6.54 Å². The molecule has 0 unspecified atom stereocenters. The van der Waals surface area contributed by atoms with Gasteiger partial charge >= 0.3 is 6.03 Å². The number of amides is 2. The van der Waals surface area contributed by atoms with E-state index in [4.69, 9.17) is 0 Å². The van der Waals surface area contributed by atoms with E-state index in [1.54, 1.807) is 17.5 Å². The summed E-state index contributed by atoms with van der Waals surface area (Å²) in [6.45, 7) is 9.68. The van der Waals surface area contributed by atoms with Crippen LogP contribution >= 0.6 is 11.3 Å². The van der Waals surface area contributed by atoms with E-state index in [1.165, 1.54) is 0 Å². The Labute approximate surface area is 135 Å². The lowest BCUT2D eigenvalue weighted by Crippen LogP contribution is -2.31. The number of aryl methyl sites for hydroxylation is 1. The number of thiazole rings is 1. The smallest absolute Gasteiger partial charge is 0.319 e. The van der Waals surface area contributed by atoms with Crippen molar-refractivity contribution >= 4 is 23.1 Å². The Morgan fingerprint density at radius 3 is 2.82 bits per heavy atom. The first-order valence-electron chi connectivity index (χ1n) is 7.43. The molecule has 2 aromatic rings. The summed E-state index contributed by atoms with van der Waals surface area (Å²) < 4.78 is 1.83. The molecule has 0 spiro atoms. The van der Waals surface area contributed by atoms with Crippen LogP contribution in [-0.4, -0.2) is 27.3 Å². The highest BCUT2D eigenvalue weighted by atomic mass is 32.1. The second kappa shape index (κ2) is 7.40. The molecular weight excluding hydrogens is 298 g/mol. The maximum absolute atomic E-state index is 11.9. The second-order valence-corrected chi connectivity index (χ2v) is 6.80. The van der Waals surface area contributed by atoms with Crippen LogP contribution in [0.25, 0.3) is 0 Å². The minimum atomic E-state index is -0.218. The highest BCUT2D eigenvalue weighted by Gasteiger charge is 2.11. The molecule has 0 radical (unpaired) electrons. The Morgan fingerprint density at radius 2 is 2.18 bits per heavy atom. The lowest BCUT2D eigenvalue weighted by atomic mass is 10.2. The fourth-order valence-electron chi connectivity index (χ4n) is 2.01. The Balaban J connectivity index is 1.79. The number of carbonyl (C=O) groups excluding carboxylic acids is 1. The Hall–Kier alpha value is -1.89. The number of urea groups is 1. The van der Waals surface area contributed by atoms with Gasteiger partial charge in [-0.3, -0.25) is 4.68 Å². The van der Waals surface area contributed by atoms with Gasteiger partial charge in [-0.15, -0.1) is 11.3 Å². The van der Waals surface area contributed by atoms with Gasteiger partial charge in [-0.1, -0.05) is 20.8 Å². The summed E-state index contributed by atoms with van der Waals surface area (Å²) in [5.74, 6) is 0.720. The van der Waals surface area contributed by atoms with E-state index in [9.17, 15) is 4.79 Å². The summed E-state index contributed by atoms with van der Waals surface area (Å²) >= 11 is 1.63. The first kappa shape index (κ1) is 16.5. The average Bonchev–Trinajstić information content (AvgIpc) is 3.05. The minimum absolute atomic E-state index is 0.202. The first-order chi connectivity index (χ1) is 10.4. The normalized spacial score (nSPS) is 12.4. The largest absolute Gasteiger partial charge is 0.337 e. The molecule has 1 atom stereocenters. The molecule has 0 aliphatic rings. The van der Waals surface area contributed by atoms with Gasteiger partial charge in [0, 0.05) is 36.3 Å². The Bertz CT molecular complexity index is 619. The van der Waals surface area contributed by atoms with Crippen LogP contribution in [0.15, 0.2) is 17.8 Å². The summed E-state index contributed by atoms with van der Waals surface area (Å²) in [7, 11) is 0. The van der Waals surface area contributed by atoms with Crippen LogP contribution in [0.2, 0.25) is 0 Å². The summed E-state index contributed by atoms with van der Waals surface area (Å²) in [5, 5.41) is 13.0. The third-order valence-corrected chi connectivity index (χ3v) is 4.26. The molecule has 2 rings (SSSR count). The summed E-state index contributed by atoms with van der Waals surface area (Å²) in [6, 6.07) is -0.218. The standard InChI is InChI=1S/C15H23N5OS/c1-10(2)7-20-8-13(6-17-20)19-15(21)16-5-11(3)14-18-12(4)9-22-14/h6,8-11H,5,7H2,1-4H3,(H2,16,19,21)/t11-/m0/s1. The Morgan fingerprint density at radius 1 is 1.41 bits per heavy atom. The zero-order chi connectivity index (χ0) is 16.1. The summed E-state index contributed by atoms with van der Waals surface area (Å²) in [6.07, 6.45) is 3.50. The fourth-order valence-corrected chi connectivity index (χ4v) is 2.87. The van der Waals surface area contributed by atoms with Gasteiger partial charge in [0.1, 0.15) is 0 Å². The lowest BCUT2D eigenvalue weighted by Gasteiger charge is -2.10. The molecule has 6 nitrogen and oxygen atoms in total. The van der Waals surface area contributed by atoms with E-state index >= 15 is 0 Å². The van der Waals surface area contributed by atoms with Gasteiger partial charge in [0.25, 0.3) is 0 Å². The average molecular weight is 321 g/mol. The molecule has 2 N–H and O–H groups in total. The third kappa shape index (κ3) is 4.84. The van der Waals surface area contributed by atoms with Crippen LogP contribution in [0.5, 0.6) is 0 Å². The summed E-state index contributed by atoms with van der Waals surface area (Å²) in [5.41, 5.74) is 1.73. The molecule has 120 valence electrons. The van der Waals surface area contributed by atoms with Crippen molar-refractivity contribution in [1.29, 1.82) is 0 Å². The zero-order valence-corrected chi connectivity index (χ0v) is 14.3. The number of hydrogen-bond donors (Lipinski definition) is 2. The molecule has 0 aliphatic carbocycles. The number of carbonyl (C=O) groups is 1. The van der Waals surface area contributed by atoms with E-state index in [2.05, 4.69) is 41.5 Å². The lowest BCUT2D eigenvalue weighted by molar-refractivity contribution is 0.251. The van der Waals surface area contributed by atoms with Crippen molar-refractivity contribution < 1.29 is 4.79 Å². The van der Waals surface area contributed by atoms with Gasteiger partial charge in [-0.05, 0) is 12.8 Å². The van der Waals surface area contributed by atoms with Gasteiger partial charge in [-0.2, -0.15) is 5.10 Å². The van der Waals surface area contributed by atoms with Gasteiger partial charge in [0.2, 0.25) is 0 Å². The molecule has 2 heterocycles. The maximum atomic E-state index is 11.9. The van der Waals surface area contributed by atoms with Crippen LogP contribution in [0, 0.1) is 12.8 Å². The van der Waals surface area contributed by atoms with Crippen LogP contribution < -0.4 is 10.6 Å². The molecule has 2 aromatic heterocycles. The minimum Gasteiger partial charge on any atom is -0.337 e. The van der Waals surface area contributed by atoms with E-state index in [0.29, 0.717) is 18.2 Å². The van der Waals surface area contributed by atoms with E-state index in [0.717, 1.165) is 17.2 Å². The number of rotatable bonds is 6. The molecule has 0 aromatic carbocycles. The van der Waals surface area contributed by atoms with Gasteiger partial charge in [0.15, 0.2) is 0 Å². The molecule has 0 bridgehead atoms. The second-order valence-electron chi connectivity index (χ2n) is 5.91. The fraction of sp³-hybridized carbons (Fsp3) is 0.533. The van der Waals surface area contributed by atoms with Crippen molar-refractivity contribution in [2.24, 2.45) is 5.92 Å². The van der Waals surface area contributed by atoms with E-state index in [-0.39, 0.29) is 11.9 Å². The third-order valence-electron chi connectivity index (χ3n) is 3.07. The summed E-state index contributed by atoms with van der Waals surface area (Å²) in [4.78, 5) is 16.3. The van der Waals surface area contributed by atoms with Crippen molar-refractivity contribution in [2.75, 3.05) is 11.9 Å². The number of nitrogens with zero attached hydrogens (tertiary/aromatic N) is 3. The van der Waals surface area contributed by atoms with Crippen LogP contribution in [0.3, 0.4) is 0 Å². The molecule has 0 fully saturated rings. The van der Waals surface area contributed by atoms with Crippen molar-refractivity contribution in [1.82, 2.24) is 20.1 Å². The van der Waals surface area contributed by atoms with Crippen molar-refractivity contribution in [3.05, 3.63) is 28.5 Å². The molecule has 22 heavy (non-hydrogen) atoms. The molecule has 7 heteroatoms. The zero-order valence-electron chi connectivity index (χ0n) is 13.5. The molecule has 0 saturated heterocycles. The van der Waals surface area contributed by atoms with Gasteiger partial charge < -0.3 is 10.6 Å². The topological polar surface area (TPSA) is 71.8 Å². The molecular formula is C15H23N5OS. The molecule has 0 aliphatic heterocycles. The van der Waals surface area contributed by atoms with Crippen LogP contribution in [0.1, 0.15) is 37.4 Å². The quantitative estimate of drug-likeness (QED) is 0.858. The van der Waals surface area contributed by atoms with Gasteiger partial charge in [0.05, 0.1) is 16.9 Å².